The molecule has 1 radical (unpaired) electrons. The lowest BCUT2D eigenvalue weighted by Crippen LogP contribution is -2.37. The van der Waals surface area contributed by atoms with E-state index in [-0.39, 0.29) is 12.0 Å². The van der Waals surface area contributed by atoms with E-state index in [1.54, 1.807) is 0 Å². The van der Waals surface area contributed by atoms with Crippen molar-refractivity contribution in [2.45, 2.75) is 24.4 Å². The topological polar surface area (TPSA) is 77.0 Å². The first-order valence-corrected chi connectivity index (χ1v) is 11.4. The molecule has 2 atom stereocenters. The number of aliphatic hydroxyl groups excluding tert-OH is 1. The van der Waals surface area contributed by atoms with E-state index in [9.17, 15) is 9.90 Å². The van der Waals surface area contributed by atoms with Crippen LogP contribution in [0.3, 0.4) is 0 Å². The van der Waals surface area contributed by atoms with Gasteiger partial charge in [-0.05, 0) is 47.0 Å². The van der Waals surface area contributed by atoms with Gasteiger partial charge in [0, 0.05) is 36.8 Å². The largest absolute Gasteiger partial charge is 0.391 e. The van der Waals surface area contributed by atoms with Crippen LogP contribution in [0.1, 0.15) is 22.3 Å². The number of aliphatic imine (C=N–C) groups is 1. The van der Waals surface area contributed by atoms with Gasteiger partial charge in [-0.25, -0.2) is 4.99 Å². The smallest absolute Gasteiger partial charge is 0.255 e. The number of rotatable bonds is 5. The molecule has 1 saturated heterocycles. The van der Waals surface area contributed by atoms with Gasteiger partial charge in [-0.1, -0.05) is 54.1 Å². The molecule has 2 unspecified atom stereocenters. The van der Waals surface area contributed by atoms with Crippen LogP contribution in [-0.2, 0) is 6.42 Å². The van der Waals surface area contributed by atoms with E-state index in [0.717, 1.165) is 40.8 Å². The minimum absolute atomic E-state index is 0.144. The third kappa shape index (κ3) is 5.02. The lowest BCUT2D eigenvalue weighted by molar-refractivity contribution is 0.102. The Morgan fingerprint density at radius 2 is 1.94 bits per heavy atom. The number of alkyl halides is 1. The summed E-state index contributed by atoms with van der Waals surface area (Å²) in [6, 6.07) is 21.4. The highest BCUT2D eigenvalue weighted by Gasteiger charge is 2.25. The molecule has 2 aliphatic heterocycles. The number of amidine groups is 1. The van der Waals surface area contributed by atoms with Crippen LogP contribution in [0.4, 0.5) is 5.69 Å². The number of fused-ring (bicyclic) bond motifs is 1. The second kappa shape index (κ2) is 9.25. The van der Waals surface area contributed by atoms with Gasteiger partial charge in [0.25, 0.3) is 5.91 Å². The summed E-state index contributed by atoms with van der Waals surface area (Å²) >= 11 is 6.30. The Labute approximate surface area is 197 Å². The molecule has 3 aromatic carbocycles. The third-order valence-electron chi connectivity index (χ3n) is 5.85. The van der Waals surface area contributed by atoms with Gasteiger partial charge in [0.1, 0.15) is 17.2 Å². The SMILES string of the molecule is O=C(Nc1ccc(CC2=NC(N3CCC(O)C3)=[C]C(Cl)N2)cc1)c1ccc2ccccc2c1. The van der Waals surface area contributed by atoms with Crippen molar-refractivity contribution in [3.8, 4) is 0 Å². The molecule has 2 heterocycles. The summed E-state index contributed by atoms with van der Waals surface area (Å²) < 4.78 is 0. The summed E-state index contributed by atoms with van der Waals surface area (Å²) in [5, 5.41) is 18.0. The van der Waals surface area contributed by atoms with Crippen LogP contribution in [0.5, 0.6) is 0 Å². The number of halogens is 1. The zero-order valence-electron chi connectivity index (χ0n) is 18.0. The number of β-amino-alcohol motifs (C(OH)–C–C–N with tert-alkyl or cyclic N) is 1. The summed E-state index contributed by atoms with van der Waals surface area (Å²) in [5.41, 5.74) is 1.92. The molecule has 5 rings (SSSR count). The molecular weight excluding hydrogens is 436 g/mol. The molecule has 167 valence electrons. The van der Waals surface area contributed by atoms with Gasteiger partial charge in [0.05, 0.1) is 6.10 Å². The number of amides is 1. The quantitative estimate of drug-likeness (QED) is 0.399. The average molecular weight is 460 g/mol. The van der Waals surface area contributed by atoms with E-state index in [1.807, 2.05) is 71.6 Å². The van der Waals surface area contributed by atoms with Gasteiger partial charge < -0.3 is 20.6 Å². The standard InChI is InChI=1S/C26H24ClN4O2/c27-23-15-25(31-12-11-22(32)16-31)30-24(29-23)13-17-5-9-21(10-6-17)28-26(33)20-8-7-18-3-1-2-4-19(18)14-20/h1-10,14,22-23,32H,11-13,16H2,(H,28,33)(H,29,30). The second-order valence-electron chi connectivity index (χ2n) is 8.31. The molecule has 1 fully saturated rings. The van der Waals surface area contributed by atoms with Crippen molar-refractivity contribution in [1.82, 2.24) is 10.2 Å². The fourth-order valence-corrected chi connectivity index (χ4v) is 4.33. The summed E-state index contributed by atoms with van der Waals surface area (Å²) in [6.45, 7) is 1.30. The van der Waals surface area contributed by atoms with Gasteiger partial charge in [0.2, 0.25) is 0 Å². The van der Waals surface area contributed by atoms with Gasteiger partial charge >= 0.3 is 0 Å². The van der Waals surface area contributed by atoms with Crippen molar-refractivity contribution in [3.63, 3.8) is 0 Å². The van der Waals surface area contributed by atoms with Gasteiger partial charge in [-0.2, -0.15) is 0 Å². The highest BCUT2D eigenvalue weighted by molar-refractivity contribution is 6.22. The maximum atomic E-state index is 12.7. The maximum absolute atomic E-state index is 12.7. The van der Waals surface area contributed by atoms with E-state index in [4.69, 9.17) is 11.6 Å². The molecule has 7 heteroatoms. The van der Waals surface area contributed by atoms with Gasteiger partial charge in [0.15, 0.2) is 0 Å². The van der Waals surface area contributed by atoms with E-state index >= 15 is 0 Å². The van der Waals surface area contributed by atoms with Crippen LogP contribution in [0.2, 0.25) is 0 Å². The Hall–Kier alpha value is -3.35. The van der Waals surface area contributed by atoms with Crippen LogP contribution in [0.15, 0.2) is 77.5 Å². The van der Waals surface area contributed by atoms with Gasteiger partial charge in [-0.15, -0.1) is 0 Å². The first kappa shape index (κ1) is 21.5. The fourth-order valence-electron chi connectivity index (χ4n) is 4.11. The minimum Gasteiger partial charge on any atom is -0.391 e. The Morgan fingerprint density at radius 3 is 2.70 bits per heavy atom. The number of likely N-dealkylation sites (tertiary alicyclic amines) is 1. The first-order valence-electron chi connectivity index (χ1n) is 11.0. The normalized spacial score (nSPS) is 20.2. The number of aliphatic hydroxyl groups is 1. The minimum atomic E-state index is -0.467. The molecule has 0 aliphatic carbocycles. The van der Waals surface area contributed by atoms with Crippen molar-refractivity contribution < 1.29 is 9.90 Å². The number of benzene rings is 3. The maximum Gasteiger partial charge on any atom is 0.255 e. The molecule has 33 heavy (non-hydrogen) atoms. The van der Waals surface area contributed by atoms with Crippen molar-refractivity contribution in [2.75, 3.05) is 18.4 Å². The van der Waals surface area contributed by atoms with Crippen LogP contribution in [0, 0.1) is 6.08 Å². The highest BCUT2D eigenvalue weighted by Crippen LogP contribution is 2.21. The summed E-state index contributed by atoms with van der Waals surface area (Å²) in [6.07, 6.45) is 4.07. The second-order valence-corrected chi connectivity index (χ2v) is 8.75. The molecule has 2 aliphatic rings. The Morgan fingerprint density at radius 1 is 1.15 bits per heavy atom. The molecule has 0 saturated carbocycles. The Kier molecular flexibility index (Phi) is 6.03. The summed E-state index contributed by atoms with van der Waals surface area (Å²) in [7, 11) is 0. The lowest BCUT2D eigenvalue weighted by atomic mass is 10.1. The molecular formula is C26H24ClN4O2. The fraction of sp³-hybridized carbons (Fsp3) is 0.231. The predicted molar refractivity (Wildman–Crippen MR) is 131 cm³/mol. The van der Waals surface area contributed by atoms with Crippen LogP contribution < -0.4 is 10.6 Å². The number of carbonyl (C=O) groups excluding carboxylic acids is 1. The van der Waals surface area contributed by atoms with E-state index in [2.05, 4.69) is 21.7 Å². The number of carbonyl (C=O) groups is 1. The number of anilines is 1. The number of nitrogens with one attached hydrogen (secondary N) is 2. The average Bonchev–Trinajstić information content (AvgIpc) is 3.26. The van der Waals surface area contributed by atoms with Crippen LogP contribution >= 0.6 is 11.6 Å². The van der Waals surface area contributed by atoms with Crippen molar-refractivity contribution in [1.29, 1.82) is 0 Å². The zero-order valence-corrected chi connectivity index (χ0v) is 18.7. The molecule has 0 spiro atoms. The molecule has 0 aromatic heterocycles. The predicted octanol–water partition coefficient (Wildman–Crippen LogP) is 3.91. The summed E-state index contributed by atoms with van der Waals surface area (Å²) in [4.78, 5) is 19.4. The van der Waals surface area contributed by atoms with Crippen molar-refractivity contribution in [3.05, 3.63) is 89.8 Å². The van der Waals surface area contributed by atoms with E-state index < -0.39 is 5.50 Å². The Bertz CT molecular complexity index is 1240. The monoisotopic (exact) mass is 459 g/mol. The van der Waals surface area contributed by atoms with Gasteiger partial charge in [-0.3, -0.25) is 4.79 Å². The Balaban J connectivity index is 1.24. The molecule has 3 N–H and O–H groups in total. The number of hydrogen-bond acceptors (Lipinski definition) is 5. The third-order valence-corrected chi connectivity index (χ3v) is 6.07. The number of nitrogens with zero attached hydrogens (tertiary/aromatic N) is 2. The van der Waals surface area contributed by atoms with Crippen molar-refractivity contribution in [2.24, 2.45) is 4.99 Å². The molecule has 6 nitrogen and oxygen atoms in total. The van der Waals surface area contributed by atoms with Crippen LogP contribution in [-0.4, -0.2) is 46.4 Å². The molecule has 1 amide bonds. The van der Waals surface area contributed by atoms with Crippen molar-refractivity contribution >= 4 is 39.8 Å². The lowest BCUT2D eigenvalue weighted by Gasteiger charge is -2.25. The molecule has 0 bridgehead atoms. The first-order chi connectivity index (χ1) is 16.0. The number of hydrogen-bond donors (Lipinski definition) is 3. The highest BCUT2D eigenvalue weighted by atomic mass is 35.5. The van der Waals surface area contributed by atoms with Crippen LogP contribution in [0.25, 0.3) is 10.8 Å². The molecule has 3 aromatic rings. The summed E-state index contributed by atoms with van der Waals surface area (Å²) in [5.74, 6) is 1.28. The van der Waals surface area contributed by atoms with E-state index in [1.165, 1.54) is 0 Å². The van der Waals surface area contributed by atoms with E-state index in [0.29, 0.717) is 24.4 Å². The zero-order chi connectivity index (χ0) is 22.8.